The predicted octanol–water partition coefficient (Wildman–Crippen LogP) is -0.100. The lowest BCUT2D eigenvalue weighted by molar-refractivity contribution is 0.0918. The number of aromatic nitrogens is 4. The number of hydrogen-bond acceptors (Lipinski definition) is 4. The molecular formula is C6H9ClN4O2. The van der Waals surface area contributed by atoms with Gasteiger partial charge in [0.05, 0.1) is 6.04 Å². The molecule has 1 aromatic heterocycles. The van der Waals surface area contributed by atoms with Crippen LogP contribution in [0.2, 0.25) is 0 Å². The summed E-state index contributed by atoms with van der Waals surface area (Å²) in [6.07, 6.45) is 0. The Balaban J connectivity index is 3.14. The average Bonchev–Trinajstić information content (AvgIpc) is 2.46. The number of nitrogens with zero attached hydrogens (tertiary/aromatic N) is 4. The third-order valence-corrected chi connectivity index (χ3v) is 1.67. The third kappa shape index (κ3) is 1.77. The molecule has 0 atom stereocenters. The van der Waals surface area contributed by atoms with E-state index in [2.05, 4.69) is 10.4 Å². The van der Waals surface area contributed by atoms with E-state index in [4.69, 9.17) is 11.6 Å². The molecule has 0 aromatic carbocycles. The van der Waals surface area contributed by atoms with Crippen LogP contribution in [-0.4, -0.2) is 31.6 Å². The Kier molecular flexibility index (Phi) is 2.82. The van der Waals surface area contributed by atoms with E-state index in [1.807, 2.05) is 0 Å². The monoisotopic (exact) mass is 204 g/mol. The Morgan fingerprint density at radius 3 is 2.54 bits per heavy atom. The van der Waals surface area contributed by atoms with Crippen molar-refractivity contribution in [3.05, 3.63) is 10.5 Å². The van der Waals surface area contributed by atoms with Crippen molar-refractivity contribution in [2.24, 2.45) is 0 Å². The van der Waals surface area contributed by atoms with E-state index in [0.717, 1.165) is 4.68 Å². The van der Waals surface area contributed by atoms with Crippen molar-refractivity contribution in [2.45, 2.75) is 19.9 Å². The lowest BCUT2D eigenvalue weighted by Crippen LogP contribution is -2.31. The number of carbonyl (C=O) groups excluding carboxylic acids is 1. The van der Waals surface area contributed by atoms with Gasteiger partial charge in [-0.1, -0.05) is 0 Å². The van der Waals surface area contributed by atoms with Gasteiger partial charge in [0.25, 0.3) is 5.91 Å². The number of alkyl halides is 1. The van der Waals surface area contributed by atoms with Crippen LogP contribution in [0.3, 0.4) is 0 Å². The fraction of sp³-hybridized carbons (Fsp3) is 0.667. The molecule has 13 heavy (non-hydrogen) atoms. The Labute approximate surface area is 79.1 Å². The maximum Gasteiger partial charge on any atom is 0.371 e. The minimum Gasteiger partial charge on any atom is -0.271 e. The van der Waals surface area contributed by atoms with Crippen molar-refractivity contribution in [1.82, 2.24) is 19.8 Å². The van der Waals surface area contributed by atoms with Crippen molar-refractivity contribution in [3.63, 3.8) is 0 Å². The summed E-state index contributed by atoms with van der Waals surface area (Å²) < 4.78 is 1.78. The minimum atomic E-state index is -0.571. The Morgan fingerprint density at radius 2 is 2.15 bits per heavy atom. The summed E-state index contributed by atoms with van der Waals surface area (Å²) in [6.45, 7) is 3.54. The molecule has 0 aliphatic rings. The topological polar surface area (TPSA) is 69.8 Å². The lowest BCUT2D eigenvalue weighted by Gasteiger charge is -1.98. The SMILES string of the molecule is CC(C)n1nnn(C(=O)CCl)c1=O. The number of rotatable bonds is 2. The van der Waals surface area contributed by atoms with Gasteiger partial charge in [0.1, 0.15) is 5.88 Å². The first-order chi connectivity index (χ1) is 6.07. The molecule has 0 N–H and O–H groups in total. The molecule has 0 saturated heterocycles. The van der Waals surface area contributed by atoms with Crippen LogP contribution >= 0.6 is 11.6 Å². The van der Waals surface area contributed by atoms with E-state index in [1.165, 1.54) is 0 Å². The van der Waals surface area contributed by atoms with Gasteiger partial charge < -0.3 is 0 Å². The molecule has 0 unspecified atom stereocenters. The molecule has 0 radical (unpaired) electrons. The average molecular weight is 205 g/mol. The number of tetrazole rings is 1. The van der Waals surface area contributed by atoms with Crippen LogP contribution in [0, 0.1) is 0 Å². The van der Waals surface area contributed by atoms with Gasteiger partial charge in [0.15, 0.2) is 0 Å². The summed E-state index contributed by atoms with van der Waals surface area (Å²) in [5, 5.41) is 6.91. The highest BCUT2D eigenvalue weighted by atomic mass is 35.5. The van der Waals surface area contributed by atoms with Crippen LogP contribution < -0.4 is 5.69 Å². The smallest absolute Gasteiger partial charge is 0.271 e. The summed E-state index contributed by atoms with van der Waals surface area (Å²) >= 11 is 5.26. The highest BCUT2D eigenvalue weighted by molar-refractivity contribution is 6.27. The maximum atomic E-state index is 11.3. The molecule has 1 aromatic rings. The molecule has 0 spiro atoms. The lowest BCUT2D eigenvalue weighted by atomic mass is 10.4. The van der Waals surface area contributed by atoms with Gasteiger partial charge in [-0.3, -0.25) is 4.79 Å². The Bertz CT molecular complexity index is 367. The number of halogens is 1. The molecule has 1 rings (SSSR count). The van der Waals surface area contributed by atoms with Crippen LogP contribution in [0.15, 0.2) is 4.79 Å². The van der Waals surface area contributed by atoms with Crippen molar-refractivity contribution < 1.29 is 4.79 Å². The van der Waals surface area contributed by atoms with Crippen LogP contribution in [0.1, 0.15) is 24.7 Å². The zero-order chi connectivity index (χ0) is 10.0. The normalized spacial score (nSPS) is 10.8. The van der Waals surface area contributed by atoms with Crippen LogP contribution in [0.4, 0.5) is 0 Å². The molecule has 72 valence electrons. The van der Waals surface area contributed by atoms with Gasteiger partial charge >= 0.3 is 5.69 Å². The zero-order valence-corrected chi connectivity index (χ0v) is 8.02. The molecule has 6 nitrogen and oxygen atoms in total. The highest BCUT2D eigenvalue weighted by Gasteiger charge is 2.14. The fourth-order valence-electron chi connectivity index (χ4n) is 0.794. The molecule has 0 bridgehead atoms. The van der Waals surface area contributed by atoms with E-state index in [9.17, 15) is 9.59 Å². The first-order valence-electron chi connectivity index (χ1n) is 3.71. The first-order valence-corrected chi connectivity index (χ1v) is 4.25. The van der Waals surface area contributed by atoms with Crippen LogP contribution in [0.5, 0.6) is 0 Å². The van der Waals surface area contributed by atoms with Crippen molar-refractivity contribution in [3.8, 4) is 0 Å². The van der Waals surface area contributed by atoms with E-state index in [0.29, 0.717) is 4.68 Å². The van der Waals surface area contributed by atoms with Gasteiger partial charge in [-0.05, 0) is 24.3 Å². The van der Waals surface area contributed by atoms with Crippen LogP contribution in [-0.2, 0) is 0 Å². The van der Waals surface area contributed by atoms with Gasteiger partial charge in [-0.15, -0.1) is 16.3 Å². The molecule has 0 fully saturated rings. The second-order valence-electron chi connectivity index (χ2n) is 2.74. The summed E-state index contributed by atoms with van der Waals surface area (Å²) in [5.74, 6) is -0.852. The van der Waals surface area contributed by atoms with Crippen molar-refractivity contribution in [2.75, 3.05) is 5.88 Å². The molecule has 0 aliphatic heterocycles. The summed E-state index contributed by atoms with van der Waals surface area (Å²) in [4.78, 5) is 22.3. The maximum absolute atomic E-state index is 11.3. The first kappa shape index (κ1) is 9.91. The number of carbonyl (C=O) groups is 1. The molecule has 7 heteroatoms. The molecule has 0 saturated carbocycles. The standard InChI is InChI=1S/C6H9ClN4O2/c1-4(2)10-6(13)11(9-8-10)5(12)3-7/h4H,3H2,1-2H3. The summed E-state index contributed by atoms with van der Waals surface area (Å²) in [5.41, 5.74) is -0.555. The summed E-state index contributed by atoms with van der Waals surface area (Å²) in [6, 6.07) is -0.121. The largest absolute Gasteiger partial charge is 0.371 e. The van der Waals surface area contributed by atoms with Gasteiger partial charge in [0, 0.05) is 0 Å². The van der Waals surface area contributed by atoms with E-state index < -0.39 is 11.6 Å². The zero-order valence-electron chi connectivity index (χ0n) is 7.27. The predicted molar refractivity (Wildman–Crippen MR) is 46.0 cm³/mol. The quantitative estimate of drug-likeness (QED) is 0.498. The van der Waals surface area contributed by atoms with Gasteiger partial charge in [-0.2, -0.15) is 4.68 Å². The highest BCUT2D eigenvalue weighted by Crippen LogP contribution is 1.94. The van der Waals surface area contributed by atoms with Crippen LogP contribution in [0.25, 0.3) is 0 Å². The minimum absolute atomic E-state index is 0.121. The molecule has 0 amide bonds. The molecule has 0 aliphatic carbocycles. The fourth-order valence-corrected chi connectivity index (χ4v) is 0.907. The summed E-state index contributed by atoms with van der Waals surface area (Å²) in [7, 11) is 0. The van der Waals surface area contributed by atoms with Gasteiger partial charge in [-0.25, -0.2) is 4.79 Å². The second kappa shape index (κ2) is 3.69. The Hall–Kier alpha value is -1.17. The second-order valence-corrected chi connectivity index (χ2v) is 3.01. The van der Waals surface area contributed by atoms with E-state index in [-0.39, 0.29) is 11.9 Å². The third-order valence-electron chi connectivity index (χ3n) is 1.44. The van der Waals surface area contributed by atoms with Crippen molar-refractivity contribution >= 4 is 17.5 Å². The van der Waals surface area contributed by atoms with E-state index >= 15 is 0 Å². The van der Waals surface area contributed by atoms with Gasteiger partial charge in [0.2, 0.25) is 0 Å². The molecule has 1 heterocycles. The van der Waals surface area contributed by atoms with E-state index in [1.54, 1.807) is 13.8 Å². The Morgan fingerprint density at radius 1 is 1.54 bits per heavy atom. The van der Waals surface area contributed by atoms with Crippen molar-refractivity contribution in [1.29, 1.82) is 0 Å². The molecular weight excluding hydrogens is 196 g/mol. The number of hydrogen-bond donors (Lipinski definition) is 0.